The van der Waals surface area contributed by atoms with Crippen LogP contribution in [0, 0.1) is 0 Å². The summed E-state index contributed by atoms with van der Waals surface area (Å²) < 4.78 is 0. The van der Waals surface area contributed by atoms with E-state index >= 15 is 0 Å². The number of hydrogen-bond acceptors (Lipinski definition) is 0. The molecular weight excluding hydrogens is 140 g/mol. The van der Waals surface area contributed by atoms with E-state index in [-0.39, 0.29) is 0 Å². The van der Waals surface area contributed by atoms with Crippen molar-refractivity contribution in [3.05, 3.63) is 0 Å². The molecule has 0 saturated carbocycles. The standard InChI is InChI=1S/C7H18Si2/c1-8(2)6-5-7-9(8,3)4/h5-7H2,1-4H3. The van der Waals surface area contributed by atoms with Gasteiger partial charge in [-0.25, -0.2) is 0 Å². The van der Waals surface area contributed by atoms with Crippen molar-refractivity contribution in [2.45, 2.75) is 44.7 Å². The van der Waals surface area contributed by atoms with E-state index in [2.05, 4.69) is 26.2 Å². The first-order chi connectivity index (χ1) is 3.96. The molecule has 2 heteroatoms. The van der Waals surface area contributed by atoms with Crippen LogP contribution < -0.4 is 0 Å². The highest BCUT2D eigenvalue weighted by molar-refractivity contribution is 7.41. The Morgan fingerprint density at radius 3 is 1.22 bits per heavy atom. The lowest BCUT2D eigenvalue weighted by Crippen LogP contribution is -2.49. The van der Waals surface area contributed by atoms with Gasteiger partial charge in [0.2, 0.25) is 0 Å². The van der Waals surface area contributed by atoms with Crippen LogP contribution in [0.3, 0.4) is 0 Å². The lowest BCUT2D eigenvalue weighted by molar-refractivity contribution is 1.07. The predicted octanol–water partition coefficient (Wildman–Crippen LogP) is 2.89. The number of rotatable bonds is 0. The third-order valence-electron chi connectivity index (χ3n) is 3.44. The smallest absolute Gasteiger partial charge is 0.0412 e. The fourth-order valence-corrected chi connectivity index (χ4v) is 10.6. The maximum absolute atomic E-state index is 2.59. The monoisotopic (exact) mass is 158 g/mol. The van der Waals surface area contributed by atoms with Gasteiger partial charge in [-0.2, -0.15) is 0 Å². The van der Waals surface area contributed by atoms with Gasteiger partial charge in [-0.3, -0.25) is 0 Å². The molecule has 1 aliphatic heterocycles. The van der Waals surface area contributed by atoms with Crippen LogP contribution in [0.5, 0.6) is 0 Å². The van der Waals surface area contributed by atoms with Crippen LogP contribution in [0.25, 0.3) is 0 Å². The molecule has 0 aliphatic carbocycles. The predicted molar refractivity (Wildman–Crippen MR) is 49.2 cm³/mol. The van der Waals surface area contributed by atoms with Gasteiger partial charge >= 0.3 is 0 Å². The molecule has 0 nitrogen and oxygen atoms in total. The topological polar surface area (TPSA) is 0 Å². The summed E-state index contributed by atoms with van der Waals surface area (Å²) in [5.74, 6) is 0. The van der Waals surface area contributed by atoms with E-state index in [0.717, 1.165) is 0 Å². The lowest BCUT2D eigenvalue weighted by atomic mass is 10.6. The van der Waals surface area contributed by atoms with Crippen LogP contribution in [-0.2, 0) is 0 Å². The molecule has 9 heavy (non-hydrogen) atoms. The van der Waals surface area contributed by atoms with Gasteiger partial charge in [-0.05, 0) is 0 Å². The second-order valence-electron chi connectivity index (χ2n) is 4.62. The van der Waals surface area contributed by atoms with E-state index < -0.39 is 15.2 Å². The Labute approximate surface area is 60.5 Å². The lowest BCUT2D eigenvalue weighted by Gasteiger charge is -2.30. The molecule has 0 unspecified atom stereocenters. The fourth-order valence-electron chi connectivity index (χ4n) is 1.65. The van der Waals surface area contributed by atoms with Gasteiger partial charge in [0.25, 0.3) is 0 Å². The van der Waals surface area contributed by atoms with Crippen LogP contribution >= 0.6 is 0 Å². The maximum Gasteiger partial charge on any atom is 0.0412 e. The molecule has 0 spiro atoms. The van der Waals surface area contributed by atoms with E-state index in [1.165, 1.54) is 0 Å². The molecule has 0 aromatic carbocycles. The van der Waals surface area contributed by atoms with Gasteiger partial charge in [-0.1, -0.05) is 44.7 Å². The van der Waals surface area contributed by atoms with E-state index in [9.17, 15) is 0 Å². The van der Waals surface area contributed by atoms with Crippen LogP contribution in [0.15, 0.2) is 0 Å². The Hall–Kier alpha value is 0.434. The van der Waals surface area contributed by atoms with Crippen molar-refractivity contribution in [3.63, 3.8) is 0 Å². The van der Waals surface area contributed by atoms with Crippen LogP contribution in [0.1, 0.15) is 6.42 Å². The summed E-state index contributed by atoms with van der Waals surface area (Å²) in [6.07, 6.45) is 1.55. The molecule has 0 aromatic rings. The third-order valence-corrected chi connectivity index (χ3v) is 22.8. The Balaban J connectivity index is 2.75. The van der Waals surface area contributed by atoms with E-state index in [0.29, 0.717) is 0 Å². The van der Waals surface area contributed by atoms with Crippen molar-refractivity contribution >= 4 is 15.2 Å². The second-order valence-corrected chi connectivity index (χ2v) is 21.3. The van der Waals surface area contributed by atoms with Crippen LogP contribution in [0.4, 0.5) is 0 Å². The molecule has 0 aromatic heterocycles. The minimum absolute atomic E-state index is 0.629. The van der Waals surface area contributed by atoms with Gasteiger partial charge < -0.3 is 0 Å². The quantitative estimate of drug-likeness (QED) is 0.476. The summed E-state index contributed by atoms with van der Waals surface area (Å²) in [6, 6.07) is 3.23. The molecule has 1 rings (SSSR count). The molecule has 1 saturated heterocycles. The molecule has 0 amide bonds. The summed E-state index contributed by atoms with van der Waals surface area (Å²) >= 11 is 0. The normalized spacial score (nSPS) is 30.7. The van der Waals surface area contributed by atoms with Gasteiger partial charge in [0.05, 0.1) is 0 Å². The van der Waals surface area contributed by atoms with Gasteiger partial charge in [0, 0.05) is 15.2 Å². The molecule has 1 heterocycles. The van der Waals surface area contributed by atoms with Crippen LogP contribution in [0.2, 0.25) is 38.3 Å². The molecular formula is C7H18Si2. The second kappa shape index (κ2) is 1.96. The Bertz CT molecular complexity index is 102. The molecule has 0 radical (unpaired) electrons. The zero-order chi connectivity index (χ0) is 7.12. The third kappa shape index (κ3) is 1.15. The van der Waals surface area contributed by atoms with Crippen LogP contribution in [-0.4, -0.2) is 15.2 Å². The van der Waals surface area contributed by atoms with E-state index in [1.54, 1.807) is 18.5 Å². The highest BCUT2D eigenvalue weighted by Crippen LogP contribution is 2.36. The summed E-state index contributed by atoms with van der Waals surface area (Å²) in [5.41, 5.74) is 0. The van der Waals surface area contributed by atoms with Crippen molar-refractivity contribution in [2.75, 3.05) is 0 Å². The summed E-state index contributed by atoms with van der Waals surface area (Å²) in [6.45, 7) is 10.4. The average Bonchev–Trinajstić information content (AvgIpc) is 1.81. The van der Waals surface area contributed by atoms with Crippen molar-refractivity contribution < 1.29 is 0 Å². The number of hydrogen-bond donors (Lipinski definition) is 0. The molecule has 1 aliphatic rings. The molecule has 0 N–H and O–H groups in total. The van der Waals surface area contributed by atoms with Crippen molar-refractivity contribution in [3.8, 4) is 0 Å². The zero-order valence-corrected chi connectivity index (χ0v) is 9.12. The van der Waals surface area contributed by atoms with Crippen molar-refractivity contribution in [1.82, 2.24) is 0 Å². The SMILES string of the molecule is C[Si]1(C)CCC[Si]1(C)C. The summed E-state index contributed by atoms with van der Waals surface area (Å²) in [4.78, 5) is 0. The summed E-state index contributed by atoms with van der Waals surface area (Å²) in [7, 11) is -1.26. The average molecular weight is 158 g/mol. The highest BCUT2D eigenvalue weighted by Gasteiger charge is 2.44. The first kappa shape index (κ1) is 7.54. The first-order valence-corrected chi connectivity index (χ1v) is 11.4. The maximum atomic E-state index is 2.59. The van der Waals surface area contributed by atoms with E-state index in [4.69, 9.17) is 0 Å². The molecule has 1 fully saturated rings. The van der Waals surface area contributed by atoms with E-state index in [1.807, 2.05) is 0 Å². The Morgan fingerprint density at radius 1 is 0.778 bits per heavy atom. The van der Waals surface area contributed by atoms with Crippen molar-refractivity contribution in [1.29, 1.82) is 0 Å². The minimum Gasteiger partial charge on any atom is -0.0713 e. The first-order valence-electron chi connectivity index (χ1n) is 3.96. The highest BCUT2D eigenvalue weighted by atomic mass is 29.3. The largest absolute Gasteiger partial charge is 0.0713 e. The van der Waals surface area contributed by atoms with Gasteiger partial charge in [-0.15, -0.1) is 0 Å². The van der Waals surface area contributed by atoms with Crippen molar-refractivity contribution in [2.24, 2.45) is 0 Å². The molecule has 0 bridgehead atoms. The summed E-state index contributed by atoms with van der Waals surface area (Å²) in [5, 5.41) is 0. The minimum atomic E-state index is -0.629. The van der Waals surface area contributed by atoms with Gasteiger partial charge in [0.15, 0.2) is 0 Å². The fraction of sp³-hybridized carbons (Fsp3) is 1.00. The molecule has 54 valence electrons. The Kier molecular flexibility index (Phi) is 1.64. The Morgan fingerprint density at radius 2 is 1.11 bits per heavy atom. The zero-order valence-electron chi connectivity index (χ0n) is 7.12. The molecule has 0 atom stereocenters. The van der Waals surface area contributed by atoms with Gasteiger partial charge in [0.1, 0.15) is 0 Å².